The van der Waals surface area contributed by atoms with Crippen molar-refractivity contribution in [1.82, 2.24) is 0 Å². The van der Waals surface area contributed by atoms with Crippen molar-refractivity contribution >= 4 is 12.0 Å². The largest absolute Gasteiger partial charge is 0.371 e. The summed E-state index contributed by atoms with van der Waals surface area (Å²) in [4.78, 5) is 14.0. The number of carbonyl (C=O) groups is 1. The molecular formula is C17H25NO. The second-order valence-corrected chi connectivity index (χ2v) is 5.74. The molecule has 0 aliphatic heterocycles. The summed E-state index contributed by atoms with van der Waals surface area (Å²) in [5.74, 6) is 0. The zero-order valence-corrected chi connectivity index (χ0v) is 12.0. The van der Waals surface area contributed by atoms with Gasteiger partial charge in [0.15, 0.2) is 0 Å². The van der Waals surface area contributed by atoms with Gasteiger partial charge in [0.1, 0.15) is 6.29 Å². The van der Waals surface area contributed by atoms with Gasteiger partial charge in [0.25, 0.3) is 0 Å². The molecule has 0 aromatic heterocycles. The fraction of sp³-hybridized carbons (Fsp3) is 0.588. The van der Waals surface area contributed by atoms with Gasteiger partial charge in [-0.05, 0) is 31.9 Å². The molecule has 2 heteroatoms. The molecule has 1 fully saturated rings. The van der Waals surface area contributed by atoms with Crippen LogP contribution in [-0.2, 0) is 4.79 Å². The fourth-order valence-corrected chi connectivity index (χ4v) is 3.15. The number of carbonyl (C=O) groups excluding carboxylic acids is 1. The van der Waals surface area contributed by atoms with Crippen LogP contribution in [0.1, 0.15) is 45.4 Å². The number of hydrogen-bond acceptors (Lipinski definition) is 2. The lowest BCUT2D eigenvalue weighted by atomic mass is 9.81. The third kappa shape index (κ3) is 3.59. The Morgan fingerprint density at radius 3 is 2.26 bits per heavy atom. The lowest BCUT2D eigenvalue weighted by Gasteiger charge is -2.34. The maximum absolute atomic E-state index is 11.7. The van der Waals surface area contributed by atoms with Crippen LogP contribution in [0.4, 0.5) is 5.69 Å². The number of anilines is 1. The van der Waals surface area contributed by atoms with E-state index in [2.05, 4.69) is 36.1 Å². The first kappa shape index (κ1) is 14.1. The summed E-state index contributed by atoms with van der Waals surface area (Å²) in [5.41, 5.74) is 1.11. The number of para-hydroxylation sites is 1. The predicted molar refractivity (Wildman–Crippen MR) is 80.5 cm³/mol. The lowest BCUT2D eigenvalue weighted by Crippen LogP contribution is -2.39. The van der Waals surface area contributed by atoms with Crippen LogP contribution in [0.5, 0.6) is 0 Å². The van der Waals surface area contributed by atoms with Crippen molar-refractivity contribution < 1.29 is 4.79 Å². The highest BCUT2D eigenvalue weighted by molar-refractivity contribution is 5.61. The molecule has 1 saturated carbocycles. The van der Waals surface area contributed by atoms with E-state index in [1.807, 2.05) is 6.07 Å². The van der Waals surface area contributed by atoms with Gasteiger partial charge in [-0.1, -0.05) is 43.9 Å². The van der Waals surface area contributed by atoms with Gasteiger partial charge in [0.05, 0.1) is 0 Å². The average Bonchev–Trinajstić information content (AvgIpc) is 2.72. The SMILES string of the molecule is CCN(CC1(C=O)CCCCCC1)c1ccccc1. The Hall–Kier alpha value is -1.31. The Kier molecular flexibility index (Phi) is 5.00. The number of aldehydes is 1. The van der Waals surface area contributed by atoms with E-state index in [1.165, 1.54) is 37.7 Å². The zero-order chi connectivity index (χ0) is 13.6. The molecule has 104 valence electrons. The Morgan fingerprint density at radius 1 is 1.11 bits per heavy atom. The Morgan fingerprint density at radius 2 is 1.74 bits per heavy atom. The normalized spacial score (nSPS) is 18.6. The van der Waals surface area contributed by atoms with Gasteiger partial charge in [0, 0.05) is 24.2 Å². The number of rotatable bonds is 5. The van der Waals surface area contributed by atoms with E-state index < -0.39 is 0 Å². The molecule has 2 rings (SSSR count). The topological polar surface area (TPSA) is 20.3 Å². The van der Waals surface area contributed by atoms with Gasteiger partial charge in [-0.25, -0.2) is 0 Å². The molecule has 2 nitrogen and oxygen atoms in total. The van der Waals surface area contributed by atoms with Crippen LogP contribution in [0.3, 0.4) is 0 Å². The van der Waals surface area contributed by atoms with Crippen molar-refractivity contribution in [2.75, 3.05) is 18.0 Å². The summed E-state index contributed by atoms with van der Waals surface area (Å²) in [6.45, 7) is 4.00. The van der Waals surface area contributed by atoms with Crippen LogP contribution in [-0.4, -0.2) is 19.4 Å². The molecule has 0 N–H and O–H groups in total. The van der Waals surface area contributed by atoms with Crippen molar-refractivity contribution in [3.05, 3.63) is 30.3 Å². The van der Waals surface area contributed by atoms with Gasteiger partial charge in [-0.15, -0.1) is 0 Å². The first-order chi connectivity index (χ1) is 9.29. The standard InChI is InChI=1S/C17H25NO/c1-2-18(16-10-6-5-7-11-16)14-17(15-19)12-8-3-4-9-13-17/h5-7,10-11,15H,2-4,8-9,12-14H2,1H3. The fourth-order valence-electron chi connectivity index (χ4n) is 3.15. The van der Waals surface area contributed by atoms with Gasteiger partial charge >= 0.3 is 0 Å². The lowest BCUT2D eigenvalue weighted by molar-refractivity contribution is -0.116. The van der Waals surface area contributed by atoms with Crippen molar-refractivity contribution in [1.29, 1.82) is 0 Å². The van der Waals surface area contributed by atoms with Crippen LogP contribution in [0, 0.1) is 5.41 Å². The smallest absolute Gasteiger partial charge is 0.127 e. The van der Waals surface area contributed by atoms with Crippen LogP contribution in [0.15, 0.2) is 30.3 Å². The van der Waals surface area contributed by atoms with Gasteiger partial charge in [-0.3, -0.25) is 0 Å². The van der Waals surface area contributed by atoms with Crippen molar-refractivity contribution in [3.63, 3.8) is 0 Å². The van der Waals surface area contributed by atoms with E-state index in [-0.39, 0.29) is 5.41 Å². The third-order valence-corrected chi connectivity index (χ3v) is 4.36. The highest BCUT2D eigenvalue weighted by Gasteiger charge is 2.32. The Balaban J connectivity index is 2.13. The van der Waals surface area contributed by atoms with Crippen molar-refractivity contribution in [2.24, 2.45) is 5.41 Å². The summed E-state index contributed by atoms with van der Waals surface area (Å²) in [6.07, 6.45) is 8.32. The van der Waals surface area contributed by atoms with E-state index in [1.54, 1.807) is 0 Å². The predicted octanol–water partition coefficient (Wildman–Crippen LogP) is 4.05. The average molecular weight is 259 g/mol. The summed E-state index contributed by atoms with van der Waals surface area (Å²) in [5, 5.41) is 0. The maximum atomic E-state index is 11.7. The van der Waals surface area contributed by atoms with Gasteiger partial charge in [0.2, 0.25) is 0 Å². The van der Waals surface area contributed by atoms with Crippen LogP contribution in [0.2, 0.25) is 0 Å². The zero-order valence-electron chi connectivity index (χ0n) is 12.0. The second-order valence-electron chi connectivity index (χ2n) is 5.74. The maximum Gasteiger partial charge on any atom is 0.127 e. The molecule has 0 bridgehead atoms. The van der Waals surface area contributed by atoms with E-state index in [0.717, 1.165) is 25.9 Å². The van der Waals surface area contributed by atoms with E-state index in [4.69, 9.17) is 0 Å². The number of benzene rings is 1. The monoisotopic (exact) mass is 259 g/mol. The quantitative estimate of drug-likeness (QED) is 0.587. The molecule has 0 radical (unpaired) electrons. The molecule has 0 saturated heterocycles. The molecular weight excluding hydrogens is 234 g/mol. The van der Waals surface area contributed by atoms with Gasteiger partial charge < -0.3 is 9.69 Å². The molecule has 1 aromatic carbocycles. The Labute approximate surface area is 116 Å². The van der Waals surface area contributed by atoms with Crippen LogP contribution < -0.4 is 4.90 Å². The molecule has 0 heterocycles. The van der Waals surface area contributed by atoms with Crippen molar-refractivity contribution in [3.8, 4) is 0 Å². The van der Waals surface area contributed by atoms with E-state index >= 15 is 0 Å². The van der Waals surface area contributed by atoms with E-state index in [9.17, 15) is 4.79 Å². The molecule has 0 amide bonds. The second kappa shape index (κ2) is 6.74. The minimum absolute atomic E-state index is 0.123. The molecule has 1 aliphatic carbocycles. The summed E-state index contributed by atoms with van der Waals surface area (Å²) in [7, 11) is 0. The highest BCUT2D eigenvalue weighted by atomic mass is 16.1. The molecule has 0 spiro atoms. The molecule has 19 heavy (non-hydrogen) atoms. The third-order valence-electron chi connectivity index (χ3n) is 4.36. The molecule has 1 aromatic rings. The molecule has 0 atom stereocenters. The summed E-state index contributed by atoms with van der Waals surface area (Å²) < 4.78 is 0. The summed E-state index contributed by atoms with van der Waals surface area (Å²) in [6, 6.07) is 10.5. The first-order valence-electron chi connectivity index (χ1n) is 7.56. The van der Waals surface area contributed by atoms with E-state index in [0.29, 0.717) is 0 Å². The first-order valence-corrected chi connectivity index (χ1v) is 7.56. The molecule has 0 unspecified atom stereocenters. The highest BCUT2D eigenvalue weighted by Crippen LogP contribution is 2.35. The Bertz CT molecular complexity index is 380. The summed E-state index contributed by atoms with van der Waals surface area (Å²) >= 11 is 0. The number of nitrogens with zero attached hydrogens (tertiary/aromatic N) is 1. The number of hydrogen-bond donors (Lipinski definition) is 0. The van der Waals surface area contributed by atoms with Crippen molar-refractivity contribution in [2.45, 2.75) is 45.4 Å². The van der Waals surface area contributed by atoms with Crippen LogP contribution in [0.25, 0.3) is 0 Å². The minimum Gasteiger partial charge on any atom is -0.371 e. The minimum atomic E-state index is -0.123. The molecule has 1 aliphatic rings. The van der Waals surface area contributed by atoms with Crippen LogP contribution >= 0.6 is 0 Å². The van der Waals surface area contributed by atoms with Gasteiger partial charge in [-0.2, -0.15) is 0 Å².